The van der Waals surface area contributed by atoms with Crippen molar-refractivity contribution >= 4 is 37.8 Å². The molecule has 6 heteroatoms. The highest BCUT2D eigenvalue weighted by molar-refractivity contribution is 9.10. The number of hydrogen-bond donors (Lipinski definition) is 1. The third-order valence-electron chi connectivity index (χ3n) is 4.65. The summed E-state index contributed by atoms with van der Waals surface area (Å²) in [5.41, 5.74) is 1.82. The molecule has 0 spiro atoms. The second kappa shape index (κ2) is 10.2. The minimum atomic E-state index is -0.0581. The van der Waals surface area contributed by atoms with Crippen LogP contribution in [0.4, 0.5) is 0 Å². The third kappa shape index (κ3) is 6.33. The summed E-state index contributed by atoms with van der Waals surface area (Å²) in [6.07, 6.45) is 3.37. The Labute approximate surface area is 177 Å². The highest BCUT2D eigenvalue weighted by Crippen LogP contribution is 2.26. The summed E-state index contributed by atoms with van der Waals surface area (Å²) < 4.78 is 7.76. The maximum atomic E-state index is 12.2. The van der Waals surface area contributed by atoms with E-state index in [4.69, 9.17) is 4.74 Å². The van der Waals surface area contributed by atoms with Crippen molar-refractivity contribution < 1.29 is 9.53 Å². The van der Waals surface area contributed by atoms with E-state index in [9.17, 15) is 4.79 Å². The molecule has 2 aromatic carbocycles. The Hall–Kier alpha value is -1.37. The van der Waals surface area contributed by atoms with Crippen LogP contribution in [0.15, 0.2) is 51.4 Å². The van der Waals surface area contributed by atoms with Crippen LogP contribution in [-0.4, -0.2) is 43.6 Å². The van der Waals surface area contributed by atoms with E-state index in [1.165, 1.54) is 25.9 Å². The lowest BCUT2D eigenvalue weighted by Crippen LogP contribution is -2.25. The molecule has 0 atom stereocenters. The van der Waals surface area contributed by atoms with E-state index < -0.39 is 0 Å². The molecule has 2 aromatic rings. The van der Waals surface area contributed by atoms with E-state index in [0.29, 0.717) is 18.7 Å². The van der Waals surface area contributed by atoms with Crippen molar-refractivity contribution in [3.63, 3.8) is 0 Å². The second-order valence-electron chi connectivity index (χ2n) is 6.68. The molecule has 1 heterocycles. The van der Waals surface area contributed by atoms with E-state index in [0.717, 1.165) is 33.2 Å². The van der Waals surface area contributed by atoms with Crippen molar-refractivity contribution in [2.75, 3.05) is 32.8 Å². The molecule has 1 N–H and O–H groups in total. The van der Waals surface area contributed by atoms with Crippen LogP contribution in [0.2, 0.25) is 0 Å². The highest BCUT2D eigenvalue weighted by atomic mass is 79.9. The summed E-state index contributed by atoms with van der Waals surface area (Å²) >= 11 is 6.98. The summed E-state index contributed by atoms with van der Waals surface area (Å²) in [6, 6.07) is 13.5. The van der Waals surface area contributed by atoms with Gasteiger partial charge < -0.3 is 10.1 Å². The lowest BCUT2D eigenvalue weighted by Gasteiger charge is -2.16. The van der Waals surface area contributed by atoms with Crippen molar-refractivity contribution in [2.45, 2.75) is 19.3 Å². The predicted molar refractivity (Wildman–Crippen MR) is 115 cm³/mol. The monoisotopic (exact) mass is 494 g/mol. The molecule has 144 valence electrons. The maximum absolute atomic E-state index is 12.2. The van der Waals surface area contributed by atoms with Gasteiger partial charge in [-0.1, -0.05) is 28.1 Å². The lowest BCUT2D eigenvalue weighted by atomic mass is 10.1. The molecule has 0 unspecified atom stereocenters. The number of rotatable bonds is 8. The molecule has 4 nitrogen and oxygen atoms in total. The first-order valence-corrected chi connectivity index (χ1v) is 10.9. The molecule has 1 amide bonds. The van der Waals surface area contributed by atoms with Gasteiger partial charge in [-0.15, -0.1) is 0 Å². The van der Waals surface area contributed by atoms with Gasteiger partial charge >= 0.3 is 0 Å². The van der Waals surface area contributed by atoms with E-state index in [1.54, 1.807) is 0 Å². The van der Waals surface area contributed by atoms with Gasteiger partial charge in [0, 0.05) is 23.1 Å². The van der Waals surface area contributed by atoms with Crippen LogP contribution in [0.25, 0.3) is 0 Å². The Bertz CT molecular complexity index is 777. The van der Waals surface area contributed by atoms with Gasteiger partial charge in [0.05, 0.1) is 4.47 Å². The van der Waals surface area contributed by atoms with Gasteiger partial charge in [-0.3, -0.25) is 9.69 Å². The van der Waals surface area contributed by atoms with Gasteiger partial charge in [-0.25, -0.2) is 0 Å². The molecular weight excluding hydrogens is 472 g/mol. The molecular formula is C21H24Br2N2O2. The Balaban J connectivity index is 1.43. The largest absolute Gasteiger partial charge is 0.491 e. The predicted octanol–water partition coefficient (Wildman–Crippen LogP) is 4.66. The number of ether oxygens (including phenoxy) is 1. The number of nitrogens with zero attached hydrogens (tertiary/aromatic N) is 1. The van der Waals surface area contributed by atoms with Crippen LogP contribution in [0.1, 0.15) is 28.8 Å². The lowest BCUT2D eigenvalue weighted by molar-refractivity contribution is 0.0954. The minimum Gasteiger partial charge on any atom is -0.491 e. The Morgan fingerprint density at radius 1 is 1.11 bits per heavy atom. The number of likely N-dealkylation sites (tertiary alicyclic amines) is 1. The quantitative estimate of drug-likeness (QED) is 0.579. The summed E-state index contributed by atoms with van der Waals surface area (Å²) in [5.74, 6) is 0.813. The van der Waals surface area contributed by atoms with Crippen LogP contribution in [-0.2, 0) is 6.42 Å². The van der Waals surface area contributed by atoms with Gasteiger partial charge in [-0.05, 0) is 84.2 Å². The average molecular weight is 496 g/mol. The normalized spacial score (nSPS) is 14.3. The van der Waals surface area contributed by atoms with E-state index in [1.807, 2.05) is 30.3 Å². The fourth-order valence-electron chi connectivity index (χ4n) is 3.16. The number of halogens is 2. The molecule has 1 saturated heterocycles. The molecule has 1 aliphatic rings. The van der Waals surface area contributed by atoms with Crippen LogP contribution >= 0.6 is 31.9 Å². The molecule has 1 fully saturated rings. The highest BCUT2D eigenvalue weighted by Gasteiger charge is 2.11. The van der Waals surface area contributed by atoms with Crippen LogP contribution in [0, 0.1) is 0 Å². The van der Waals surface area contributed by atoms with Crippen LogP contribution < -0.4 is 10.1 Å². The van der Waals surface area contributed by atoms with Gasteiger partial charge in [-0.2, -0.15) is 0 Å². The number of nitrogens with one attached hydrogen (secondary N) is 1. The topological polar surface area (TPSA) is 41.6 Å². The number of hydrogen-bond acceptors (Lipinski definition) is 3. The molecule has 0 aromatic heterocycles. The smallest absolute Gasteiger partial charge is 0.251 e. The number of carbonyl (C=O) groups is 1. The van der Waals surface area contributed by atoms with Crippen molar-refractivity contribution in [1.82, 2.24) is 10.2 Å². The molecule has 0 bridgehead atoms. The Morgan fingerprint density at radius 3 is 2.67 bits per heavy atom. The first kappa shape index (κ1) is 20.4. The van der Waals surface area contributed by atoms with Gasteiger partial charge in [0.15, 0.2) is 0 Å². The minimum absolute atomic E-state index is 0.0581. The average Bonchev–Trinajstić information content (AvgIpc) is 3.17. The van der Waals surface area contributed by atoms with Crippen LogP contribution in [0.3, 0.4) is 0 Å². The summed E-state index contributed by atoms with van der Waals surface area (Å²) in [7, 11) is 0. The first-order valence-electron chi connectivity index (χ1n) is 9.29. The van der Waals surface area contributed by atoms with Gasteiger partial charge in [0.25, 0.3) is 5.91 Å². The zero-order valence-electron chi connectivity index (χ0n) is 15.2. The third-order valence-corrected chi connectivity index (χ3v) is 5.76. The summed E-state index contributed by atoms with van der Waals surface area (Å²) in [4.78, 5) is 14.6. The number of carbonyl (C=O) groups excluding carboxylic acids is 1. The molecule has 0 aliphatic carbocycles. The Kier molecular flexibility index (Phi) is 7.73. The van der Waals surface area contributed by atoms with Crippen molar-refractivity contribution in [3.05, 3.63) is 62.5 Å². The molecule has 1 aliphatic heterocycles. The summed E-state index contributed by atoms with van der Waals surface area (Å²) in [5, 5.41) is 2.96. The molecule has 0 radical (unpaired) electrons. The molecule has 27 heavy (non-hydrogen) atoms. The SMILES string of the molecule is O=C(NCCc1ccc(OCCN2CCCC2)c(Br)c1)c1cccc(Br)c1. The Morgan fingerprint density at radius 2 is 1.93 bits per heavy atom. The second-order valence-corrected chi connectivity index (χ2v) is 8.45. The van der Waals surface area contributed by atoms with E-state index in [-0.39, 0.29) is 5.91 Å². The van der Waals surface area contributed by atoms with Crippen molar-refractivity contribution in [2.24, 2.45) is 0 Å². The zero-order chi connectivity index (χ0) is 19.1. The fraction of sp³-hybridized carbons (Fsp3) is 0.381. The van der Waals surface area contributed by atoms with Crippen molar-refractivity contribution in [1.29, 1.82) is 0 Å². The number of benzene rings is 2. The molecule has 0 saturated carbocycles. The van der Waals surface area contributed by atoms with E-state index in [2.05, 4.69) is 54.2 Å². The standard InChI is InChI=1S/C21H24Br2N2O2/c22-18-5-3-4-17(15-18)21(26)24-9-8-16-6-7-20(19(23)14-16)27-13-12-25-10-1-2-11-25/h3-7,14-15H,1-2,8-13H2,(H,24,26). The van der Waals surface area contributed by atoms with Crippen LogP contribution in [0.5, 0.6) is 5.75 Å². The summed E-state index contributed by atoms with van der Waals surface area (Å²) in [6.45, 7) is 4.66. The van der Waals surface area contributed by atoms with Gasteiger partial charge in [0.1, 0.15) is 12.4 Å². The fourth-order valence-corrected chi connectivity index (χ4v) is 4.10. The zero-order valence-corrected chi connectivity index (χ0v) is 18.4. The first-order chi connectivity index (χ1) is 13.1. The maximum Gasteiger partial charge on any atom is 0.251 e. The van der Waals surface area contributed by atoms with Crippen molar-refractivity contribution in [3.8, 4) is 5.75 Å². The molecule has 3 rings (SSSR count). The van der Waals surface area contributed by atoms with Gasteiger partial charge in [0.2, 0.25) is 0 Å². The van der Waals surface area contributed by atoms with E-state index >= 15 is 0 Å². The number of amides is 1.